The first-order chi connectivity index (χ1) is 9.36. The van der Waals surface area contributed by atoms with Crippen LogP contribution in [0.2, 0.25) is 0 Å². The maximum absolute atomic E-state index is 9.25. The first-order valence-corrected chi connectivity index (χ1v) is 6.51. The van der Waals surface area contributed by atoms with E-state index in [2.05, 4.69) is 16.4 Å². The predicted octanol–water partition coefficient (Wildman–Crippen LogP) is 2.70. The van der Waals surface area contributed by atoms with Crippen LogP contribution in [0.1, 0.15) is 18.4 Å². The van der Waals surface area contributed by atoms with E-state index < -0.39 is 0 Å². The number of rotatable bonds is 2. The summed E-state index contributed by atoms with van der Waals surface area (Å²) in [5, 5.41) is 13.6. The fraction of sp³-hybridized carbons (Fsp3) is 0.333. The molecule has 1 atom stereocenters. The highest BCUT2D eigenvalue weighted by molar-refractivity contribution is 5.82. The van der Waals surface area contributed by atoms with Crippen LogP contribution in [0.3, 0.4) is 0 Å². The van der Waals surface area contributed by atoms with Gasteiger partial charge in [0, 0.05) is 12.0 Å². The summed E-state index contributed by atoms with van der Waals surface area (Å²) in [6, 6.07) is 12.2. The van der Waals surface area contributed by atoms with Gasteiger partial charge in [0.2, 0.25) is 0 Å². The van der Waals surface area contributed by atoms with Crippen molar-refractivity contribution in [2.75, 3.05) is 18.5 Å². The molecule has 2 aromatic rings. The van der Waals surface area contributed by atoms with Gasteiger partial charge in [-0.2, -0.15) is 5.26 Å². The van der Waals surface area contributed by atoms with Crippen molar-refractivity contribution in [2.24, 2.45) is 0 Å². The molecule has 1 saturated heterocycles. The molecule has 1 aromatic heterocycles. The van der Waals surface area contributed by atoms with Gasteiger partial charge in [-0.3, -0.25) is 0 Å². The number of hydrogen-bond donors (Lipinski definition) is 1. The molecule has 0 saturated carbocycles. The van der Waals surface area contributed by atoms with E-state index in [1.165, 1.54) is 0 Å². The quantitative estimate of drug-likeness (QED) is 0.894. The van der Waals surface area contributed by atoms with Crippen LogP contribution in [-0.4, -0.2) is 24.2 Å². The number of benzene rings is 1. The van der Waals surface area contributed by atoms with Gasteiger partial charge in [0.05, 0.1) is 23.7 Å². The highest BCUT2D eigenvalue weighted by atomic mass is 16.5. The first kappa shape index (κ1) is 11.9. The van der Waals surface area contributed by atoms with Gasteiger partial charge in [-0.1, -0.05) is 18.2 Å². The Morgan fingerprint density at radius 3 is 3.05 bits per heavy atom. The molecule has 1 aliphatic rings. The van der Waals surface area contributed by atoms with E-state index in [0.29, 0.717) is 18.0 Å². The number of anilines is 1. The number of pyridine rings is 1. The molecule has 1 aromatic carbocycles. The molecule has 1 aliphatic heterocycles. The van der Waals surface area contributed by atoms with Gasteiger partial charge >= 0.3 is 0 Å². The smallest absolute Gasteiger partial charge is 0.144 e. The Morgan fingerprint density at radius 2 is 2.26 bits per heavy atom. The lowest BCUT2D eigenvalue weighted by Crippen LogP contribution is -2.30. The van der Waals surface area contributed by atoms with Crippen molar-refractivity contribution in [1.82, 2.24) is 4.98 Å². The zero-order chi connectivity index (χ0) is 13.1. The minimum atomic E-state index is 0.245. The average Bonchev–Trinajstić information content (AvgIpc) is 2.47. The minimum Gasteiger partial charge on any atom is -0.379 e. The van der Waals surface area contributed by atoms with Crippen molar-refractivity contribution in [3.63, 3.8) is 0 Å². The molecule has 0 spiro atoms. The summed E-state index contributed by atoms with van der Waals surface area (Å²) in [5.74, 6) is 0.664. The van der Waals surface area contributed by atoms with Gasteiger partial charge in [-0.15, -0.1) is 0 Å². The van der Waals surface area contributed by atoms with Gasteiger partial charge in [-0.25, -0.2) is 4.98 Å². The molecule has 0 bridgehead atoms. The van der Waals surface area contributed by atoms with E-state index in [-0.39, 0.29) is 6.04 Å². The highest BCUT2D eigenvalue weighted by Gasteiger charge is 2.16. The zero-order valence-corrected chi connectivity index (χ0v) is 10.6. The lowest BCUT2D eigenvalue weighted by atomic mass is 10.1. The van der Waals surface area contributed by atoms with Crippen molar-refractivity contribution in [1.29, 1.82) is 5.26 Å². The van der Waals surface area contributed by atoms with Crippen LogP contribution >= 0.6 is 0 Å². The second-order valence-corrected chi connectivity index (χ2v) is 4.75. The van der Waals surface area contributed by atoms with Crippen LogP contribution < -0.4 is 5.32 Å². The third-order valence-corrected chi connectivity index (χ3v) is 3.35. The molecule has 0 amide bonds. The second-order valence-electron chi connectivity index (χ2n) is 4.75. The lowest BCUT2D eigenvalue weighted by Gasteiger charge is -2.24. The van der Waals surface area contributed by atoms with E-state index in [9.17, 15) is 5.26 Å². The fourth-order valence-corrected chi connectivity index (χ4v) is 2.36. The van der Waals surface area contributed by atoms with Crippen molar-refractivity contribution in [3.8, 4) is 6.07 Å². The SMILES string of the molecule is N#Cc1cc2ccccc2nc1NC1CCCOC1. The van der Waals surface area contributed by atoms with Crippen molar-refractivity contribution in [3.05, 3.63) is 35.9 Å². The number of nitrogens with zero attached hydrogens (tertiary/aromatic N) is 2. The molecule has 96 valence electrons. The number of nitrogens with one attached hydrogen (secondary N) is 1. The summed E-state index contributed by atoms with van der Waals surface area (Å²) >= 11 is 0. The number of fused-ring (bicyclic) bond motifs is 1. The Hall–Kier alpha value is -2.12. The standard InChI is InChI=1S/C15H15N3O/c16-9-12-8-11-4-1-2-6-14(11)18-15(12)17-13-5-3-7-19-10-13/h1-2,4,6,8,13H,3,5,7,10H2,(H,17,18). The molecule has 1 unspecified atom stereocenters. The van der Waals surface area contributed by atoms with E-state index in [1.807, 2.05) is 30.3 Å². The zero-order valence-electron chi connectivity index (χ0n) is 10.6. The molecule has 1 N–H and O–H groups in total. The molecular formula is C15H15N3O. The maximum Gasteiger partial charge on any atom is 0.144 e. The van der Waals surface area contributed by atoms with Gasteiger partial charge < -0.3 is 10.1 Å². The number of aromatic nitrogens is 1. The summed E-state index contributed by atoms with van der Waals surface area (Å²) in [6.07, 6.45) is 2.10. The predicted molar refractivity (Wildman–Crippen MR) is 73.9 cm³/mol. The number of hydrogen-bond acceptors (Lipinski definition) is 4. The normalized spacial score (nSPS) is 19.0. The first-order valence-electron chi connectivity index (χ1n) is 6.51. The Labute approximate surface area is 112 Å². The number of ether oxygens (including phenoxy) is 1. The average molecular weight is 253 g/mol. The van der Waals surface area contributed by atoms with Crippen molar-refractivity contribution in [2.45, 2.75) is 18.9 Å². The van der Waals surface area contributed by atoms with Crippen molar-refractivity contribution >= 4 is 16.7 Å². The highest BCUT2D eigenvalue weighted by Crippen LogP contribution is 2.21. The molecule has 1 fully saturated rings. The van der Waals surface area contributed by atoms with E-state index >= 15 is 0 Å². The minimum absolute atomic E-state index is 0.245. The molecule has 3 rings (SSSR count). The summed E-state index contributed by atoms with van der Waals surface area (Å²) < 4.78 is 5.44. The van der Waals surface area contributed by atoms with Crippen molar-refractivity contribution < 1.29 is 4.74 Å². The Balaban J connectivity index is 1.94. The number of para-hydroxylation sites is 1. The summed E-state index contributed by atoms with van der Waals surface area (Å²) in [4.78, 5) is 4.55. The van der Waals surface area contributed by atoms with E-state index in [0.717, 1.165) is 30.4 Å². The Bertz CT molecular complexity index is 627. The Morgan fingerprint density at radius 1 is 1.37 bits per heavy atom. The maximum atomic E-state index is 9.25. The van der Waals surface area contributed by atoms with E-state index in [4.69, 9.17) is 4.74 Å². The number of nitriles is 1. The second kappa shape index (κ2) is 5.25. The van der Waals surface area contributed by atoms with Gasteiger partial charge in [0.1, 0.15) is 11.9 Å². The van der Waals surface area contributed by atoms with Crippen LogP contribution in [0.25, 0.3) is 10.9 Å². The molecule has 0 radical (unpaired) electrons. The fourth-order valence-electron chi connectivity index (χ4n) is 2.36. The van der Waals surface area contributed by atoms with Crippen LogP contribution in [0.5, 0.6) is 0 Å². The topological polar surface area (TPSA) is 57.9 Å². The molecule has 4 heteroatoms. The molecule has 2 heterocycles. The molecule has 4 nitrogen and oxygen atoms in total. The summed E-state index contributed by atoms with van der Waals surface area (Å²) in [5.41, 5.74) is 1.49. The van der Waals surface area contributed by atoms with Crippen LogP contribution in [0.4, 0.5) is 5.82 Å². The third kappa shape index (κ3) is 2.51. The van der Waals surface area contributed by atoms with Crippen LogP contribution in [0, 0.1) is 11.3 Å². The molecule has 19 heavy (non-hydrogen) atoms. The van der Waals surface area contributed by atoms with Gasteiger partial charge in [0.15, 0.2) is 0 Å². The Kier molecular flexibility index (Phi) is 3.30. The largest absolute Gasteiger partial charge is 0.379 e. The van der Waals surface area contributed by atoms with Crippen LogP contribution in [-0.2, 0) is 4.74 Å². The van der Waals surface area contributed by atoms with Gasteiger partial charge in [-0.05, 0) is 25.0 Å². The van der Waals surface area contributed by atoms with Gasteiger partial charge in [0.25, 0.3) is 0 Å². The molecular weight excluding hydrogens is 238 g/mol. The summed E-state index contributed by atoms with van der Waals surface area (Å²) in [6.45, 7) is 1.51. The monoisotopic (exact) mass is 253 g/mol. The molecule has 0 aliphatic carbocycles. The lowest BCUT2D eigenvalue weighted by molar-refractivity contribution is 0.0875. The van der Waals surface area contributed by atoms with E-state index in [1.54, 1.807) is 0 Å². The summed E-state index contributed by atoms with van der Waals surface area (Å²) in [7, 11) is 0. The third-order valence-electron chi connectivity index (χ3n) is 3.35. The van der Waals surface area contributed by atoms with Crippen LogP contribution in [0.15, 0.2) is 30.3 Å².